The average molecular weight is 232 g/mol. The van der Waals surface area contributed by atoms with Crippen LogP contribution in [-0.4, -0.2) is 61.2 Å². The molecule has 2 fully saturated rings. The first-order chi connectivity index (χ1) is 7.72. The largest absolute Gasteiger partial charge is 0.359 e. The third-order valence-corrected chi connectivity index (χ3v) is 2.96. The topological polar surface area (TPSA) is 113 Å². The first kappa shape index (κ1) is 12.1. The van der Waals surface area contributed by atoms with Crippen molar-refractivity contribution in [1.82, 2.24) is 32.1 Å². The third kappa shape index (κ3) is 2.06. The highest BCUT2D eigenvalue weighted by molar-refractivity contribution is 5.04. The highest BCUT2D eigenvalue weighted by Crippen LogP contribution is 2.16. The van der Waals surface area contributed by atoms with E-state index in [0.29, 0.717) is 26.2 Å². The maximum absolute atomic E-state index is 10.4. The van der Waals surface area contributed by atoms with Gasteiger partial charge in [0.2, 0.25) is 5.85 Å². The Bertz CT molecular complexity index is 227. The molecule has 94 valence electrons. The zero-order valence-corrected chi connectivity index (χ0v) is 9.14. The molecule has 2 aliphatic heterocycles. The Morgan fingerprint density at radius 3 is 2.06 bits per heavy atom. The Balaban J connectivity index is 2.02. The lowest BCUT2D eigenvalue weighted by Gasteiger charge is -2.43. The number of hydroxylamine groups is 1. The van der Waals surface area contributed by atoms with Crippen LogP contribution in [0.15, 0.2) is 0 Å². The van der Waals surface area contributed by atoms with E-state index in [1.54, 1.807) is 0 Å². The Morgan fingerprint density at radius 2 is 1.50 bits per heavy atom. The normalized spacial score (nSPS) is 27.4. The minimum atomic E-state index is -1.22. The molecule has 8 nitrogen and oxygen atoms in total. The van der Waals surface area contributed by atoms with E-state index in [-0.39, 0.29) is 0 Å². The predicted molar refractivity (Wildman–Crippen MR) is 57.5 cm³/mol. The van der Waals surface area contributed by atoms with Crippen molar-refractivity contribution in [3.8, 4) is 0 Å². The fourth-order valence-electron chi connectivity index (χ4n) is 2.19. The van der Waals surface area contributed by atoms with Gasteiger partial charge in [-0.1, -0.05) is 0 Å². The second kappa shape index (κ2) is 4.90. The van der Waals surface area contributed by atoms with E-state index in [9.17, 15) is 5.11 Å². The maximum Gasteiger partial charge on any atom is 0.219 e. The van der Waals surface area contributed by atoms with E-state index >= 15 is 0 Å². The Kier molecular flexibility index (Phi) is 3.72. The molecule has 0 aromatic rings. The quantitative estimate of drug-likeness (QED) is 0.180. The van der Waals surface area contributed by atoms with Gasteiger partial charge in [-0.05, 0) is 0 Å². The summed E-state index contributed by atoms with van der Waals surface area (Å²) in [5, 5.41) is 34.6. The summed E-state index contributed by atoms with van der Waals surface area (Å²) in [5.41, 5.74) is 2.07. The Hall–Kier alpha value is -0.320. The van der Waals surface area contributed by atoms with Crippen molar-refractivity contribution in [2.75, 3.05) is 39.3 Å². The lowest BCUT2D eigenvalue weighted by atomic mass is 10.2. The zero-order valence-electron chi connectivity index (χ0n) is 9.14. The van der Waals surface area contributed by atoms with Gasteiger partial charge < -0.3 is 10.3 Å². The number of nitrogens with one attached hydrogen (secondary N) is 6. The second-order valence-corrected chi connectivity index (χ2v) is 4.00. The molecule has 0 atom stereocenters. The maximum atomic E-state index is 10.4. The number of hydrogen-bond acceptors (Lipinski definition) is 8. The van der Waals surface area contributed by atoms with Gasteiger partial charge in [0.15, 0.2) is 5.79 Å². The summed E-state index contributed by atoms with van der Waals surface area (Å²) < 4.78 is 0. The molecule has 0 radical (unpaired) electrons. The standard InChI is InChI=1S/C8H20N6O2/c15-8(12-3-4-13-8)7(9-1-2-10-7)11-5-6-14-16/h9-16H,1-6H2. The van der Waals surface area contributed by atoms with E-state index in [2.05, 4.69) is 32.1 Å². The third-order valence-electron chi connectivity index (χ3n) is 2.96. The summed E-state index contributed by atoms with van der Waals surface area (Å²) in [6, 6.07) is 0. The summed E-state index contributed by atoms with van der Waals surface area (Å²) in [7, 11) is 0. The summed E-state index contributed by atoms with van der Waals surface area (Å²) in [5.74, 6) is -2.03. The first-order valence-corrected chi connectivity index (χ1v) is 5.57. The molecule has 8 N–H and O–H groups in total. The van der Waals surface area contributed by atoms with Crippen LogP contribution in [0.2, 0.25) is 0 Å². The first-order valence-electron chi connectivity index (χ1n) is 5.57. The molecular formula is C8H20N6O2. The molecule has 0 unspecified atom stereocenters. The van der Waals surface area contributed by atoms with Crippen LogP contribution in [0.5, 0.6) is 0 Å². The van der Waals surface area contributed by atoms with Crippen molar-refractivity contribution in [1.29, 1.82) is 0 Å². The van der Waals surface area contributed by atoms with E-state index in [1.165, 1.54) is 0 Å². The van der Waals surface area contributed by atoms with Gasteiger partial charge in [-0.25, -0.2) is 5.48 Å². The number of rotatable bonds is 5. The van der Waals surface area contributed by atoms with Gasteiger partial charge in [0.25, 0.3) is 0 Å². The molecule has 0 saturated carbocycles. The molecule has 0 aromatic heterocycles. The summed E-state index contributed by atoms with van der Waals surface area (Å²) in [4.78, 5) is 0. The Labute approximate surface area is 94.1 Å². The summed E-state index contributed by atoms with van der Waals surface area (Å²) >= 11 is 0. The Morgan fingerprint density at radius 1 is 0.938 bits per heavy atom. The fraction of sp³-hybridized carbons (Fsp3) is 1.00. The smallest absolute Gasteiger partial charge is 0.219 e. The van der Waals surface area contributed by atoms with Crippen LogP contribution >= 0.6 is 0 Å². The molecule has 2 aliphatic rings. The SMILES string of the molecule is ONCCNC1(C2(O)NCCN2)NCCN1. The molecule has 8 heteroatoms. The number of aliphatic hydroxyl groups is 1. The molecule has 0 spiro atoms. The van der Waals surface area contributed by atoms with Crippen LogP contribution in [-0.2, 0) is 0 Å². The molecular weight excluding hydrogens is 212 g/mol. The van der Waals surface area contributed by atoms with Crippen LogP contribution in [0, 0.1) is 0 Å². The molecule has 0 aliphatic carbocycles. The molecule has 2 rings (SSSR count). The van der Waals surface area contributed by atoms with Crippen molar-refractivity contribution in [2.45, 2.75) is 11.6 Å². The van der Waals surface area contributed by atoms with Crippen LogP contribution in [0.4, 0.5) is 0 Å². The second-order valence-electron chi connectivity index (χ2n) is 4.00. The molecule has 0 aromatic carbocycles. The molecule has 2 saturated heterocycles. The van der Waals surface area contributed by atoms with Gasteiger partial charge >= 0.3 is 0 Å². The molecule has 16 heavy (non-hydrogen) atoms. The van der Waals surface area contributed by atoms with Gasteiger partial charge in [-0.2, -0.15) is 0 Å². The van der Waals surface area contributed by atoms with Gasteiger partial charge in [-0.3, -0.25) is 26.6 Å². The average Bonchev–Trinajstić information content (AvgIpc) is 2.89. The minimum absolute atomic E-state index is 0.404. The van der Waals surface area contributed by atoms with Crippen LogP contribution in [0.3, 0.4) is 0 Å². The minimum Gasteiger partial charge on any atom is -0.359 e. The molecule has 0 bridgehead atoms. The van der Waals surface area contributed by atoms with Gasteiger partial charge in [0.1, 0.15) is 0 Å². The van der Waals surface area contributed by atoms with Crippen molar-refractivity contribution in [3.05, 3.63) is 0 Å². The van der Waals surface area contributed by atoms with Crippen LogP contribution in [0.25, 0.3) is 0 Å². The number of hydrogen-bond donors (Lipinski definition) is 8. The van der Waals surface area contributed by atoms with E-state index in [1.807, 2.05) is 0 Å². The lowest BCUT2D eigenvalue weighted by molar-refractivity contribution is -0.103. The monoisotopic (exact) mass is 232 g/mol. The van der Waals surface area contributed by atoms with Crippen molar-refractivity contribution in [3.63, 3.8) is 0 Å². The van der Waals surface area contributed by atoms with Crippen LogP contribution < -0.4 is 32.1 Å². The lowest BCUT2D eigenvalue weighted by Crippen LogP contribution is -2.81. The van der Waals surface area contributed by atoms with Gasteiger partial charge in [0.05, 0.1) is 0 Å². The van der Waals surface area contributed by atoms with Crippen molar-refractivity contribution < 1.29 is 10.3 Å². The van der Waals surface area contributed by atoms with Gasteiger partial charge in [-0.15, -0.1) is 0 Å². The van der Waals surface area contributed by atoms with E-state index in [0.717, 1.165) is 13.1 Å². The molecule has 2 heterocycles. The van der Waals surface area contributed by atoms with E-state index < -0.39 is 11.6 Å². The summed E-state index contributed by atoms with van der Waals surface area (Å²) in [6.07, 6.45) is 0. The summed E-state index contributed by atoms with van der Waals surface area (Å²) in [6.45, 7) is 3.88. The highest BCUT2D eigenvalue weighted by atomic mass is 16.5. The zero-order chi connectivity index (χ0) is 11.5. The predicted octanol–water partition coefficient (Wildman–Crippen LogP) is -3.76. The van der Waals surface area contributed by atoms with E-state index in [4.69, 9.17) is 5.21 Å². The van der Waals surface area contributed by atoms with Crippen LogP contribution in [0.1, 0.15) is 0 Å². The molecule has 0 amide bonds. The van der Waals surface area contributed by atoms with Crippen molar-refractivity contribution in [2.24, 2.45) is 0 Å². The van der Waals surface area contributed by atoms with Crippen molar-refractivity contribution >= 4 is 0 Å². The van der Waals surface area contributed by atoms with Gasteiger partial charge in [0, 0.05) is 39.3 Å². The highest BCUT2D eigenvalue weighted by Gasteiger charge is 2.53. The fourth-order valence-corrected chi connectivity index (χ4v) is 2.19.